The third kappa shape index (κ3) is 4.23. The molecule has 132 valence electrons. The summed E-state index contributed by atoms with van der Waals surface area (Å²) in [7, 11) is 1.25. The molecule has 0 saturated carbocycles. The number of esters is 2. The van der Waals surface area contributed by atoms with Gasteiger partial charge in [0.25, 0.3) is 5.91 Å². The van der Waals surface area contributed by atoms with Gasteiger partial charge in [-0.3, -0.25) is 4.79 Å². The molecule has 0 bridgehead atoms. The molecule has 8 nitrogen and oxygen atoms in total. The molecule has 1 N–H and O–H groups in total. The van der Waals surface area contributed by atoms with Crippen molar-refractivity contribution in [1.29, 1.82) is 0 Å². The number of carbonyl (C=O) groups is 3. The van der Waals surface area contributed by atoms with Gasteiger partial charge in [0.1, 0.15) is 11.3 Å². The van der Waals surface area contributed by atoms with E-state index in [1.54, 1.807) is 25.1 Å². The van der Waals surface area contributed by atoms with Crippen molar-refractivity contribution < 1.29 is 28.4 Å². The lowest BCUT2D eigenvalue weighted by Gasteiger charge is -2.10. The molecule has 0 fully saturated rings. The van der Waals surface area contributed by atoms with Crippen LogP contribution in [0.4, 0.5) is 5.69 Å². The molecular weight excluding hydrogens is 328 g/mol. The van der Waals surface area contributed by atoms with E-state index >= 15 is 0 Å². The van der Waals surface area contributed by atoms with E-state index in [1.807, 2.05) is 6.92 Å². The zero-order chi connectivity index (χ0) is 18.4. The molecule has 0 aliphatic heterocycles. The minimum atomic E-state index is -0.688. The smallest absolute Gasteiger partial charge is 0.344 e. The fraction of sp³-hybridized carbons (Fsp3) is 0.294. The molecule has 0 aliphatic carbocycles. The van der Waals surface area contributed by atoms with Crippen molar-refractivity contribution in [3.8, 4) is 0 Å². The van der Waals surface area contributed by atoms with Crippen molar-refractivity contribution in [2.75, 3.05) is 19.0 Å². The third-order valence-corrected chi connectivity index (χ3v) is 3.41. The number of ether oxygens (including phenoxy) is 2. The summed E-state index contributed by atoms with van der Waals surface area (Å²) in [5.41, 5.74) is 1.17. The maximum absolute atomic E-state index is 12.1. The van der Waals surface area contributed by atoms with Crippen LogP contribution < -0.4 is 5.32 Å². The van der Waals surface area contributed by atoms with Crippen molar-refractivity contribution in [2.45, 2.75) is 20.3 Å². The molecule has 1 heterocycles. The largest absolute Gasteiger partial charge is 0.465 e. The number of para-hydroxylation sites is 1. The number of hydrogen-bond donors (Lipinski definition) is 1. The van der Waals surface area contributed by atoms with Crippen molar-refractivity contribution >= 4 is 23.5 Å². The Morgan fingerprint density at radius 1 is 1.20 bits per heavy atom. The first-order chi connectivity index (χ1) is 12.0. The van der Waals surface area contributed by atoms with Crippen LogP contribution in [0.2, 0.25) is 0 Å². The predicted molar refractivity (Wildman–Crippen MR) is 87.3 cm³/mol. The van der Waals surface area contributed by atoms with Crippen LogP contribution in [-0.2, 0) is 20.7 Å². The van der Waals surface area contributed by atoms with Gasteiger partial charge in [-0.05, 0) is 25.5 Å². The van der Waals surface area contributed by atoms with Crippen LogP contribution in [0, 0.1) is 6.92 Å². The standard InChI is InChI=1S/C17H18N2O6/c1-4-12-15(10(2)25-19-12)17(22)24-9-14(20)18-13-8-6-5-7-11(13)16(21)23-3/h5-8H,4,9H2,1-3H3,(H,18,20). The Labute approximate surface area is 144 Å². The Bertz CT molecular complexity index is 796. The molecule has 1 amide bonds. The van der Waals surface area contributed by atoms with E-state index in [-0.39, 0.29) is 16.8 Å². The van der Waals surface area contributed by atoms with Crippen LogP contribution in [-0.4, -0.2) is 36.7 Å². The fourth-order valence-electron chi connectivity index (χ4n) is 2.19. The predicted octanol–water partition coefficient (Wildman–Crippen LogP) is 2.13. The van der Waals surface area contributed by atoms with E-state index in [1.165, 1.54) is 13.2 Å². The highest BCUT2D eigenvalue weighted by atomic mass is 16.5. The first-order valence-corrected chi connectivity index (χ1v) is 7.57. The van der Waals surface area contributed by atoms with E-state index in [4.69, 9.17) is 9.26 Å². The maximum atomic E-state index is 12.1. The number of carbonyl (C=O) groups excluding carboxylic acids is 3. The molecule has 1 aromatic carbocycles. The summed E-state index contributed by atoms with van der Waals surface area (Å²) in [6.45, 7) is 2.90. The van der Waals surface area contributed by atoms with Crippen LogP contribution >= 0.6 is 0 Å². The molecular formula is C17H18N2O6. The van der Waals surface area contributed by atoms with E-state index in [9.17, 15) is 14.4 Å². The number of nitrogens with zero attached hydrogens (tertiary/aromatic N) is 1. The van der Waals surface area contributed by atoms with Gasteiger partial charge in [0.05, 0.1) is 24.1 Å². The third-order valence-electron chi connectivity index (χ3n) is 3.41. The Balaban J connectivity index is 2.01. The molecule has 2 aromatic rings. The number of anilines is 1. The summed E-state index contributed by atoms with van der Waals surface area (Å²) >= 11 is 0. The molecule has 2 rings (SSSR count). The minimum Gasteiger partial charge on any atom is -0.465 e. The van der Waals surface area contributed by atoms with Gasteiger partial charge in [-0.25, -0.2) is 9.59 Å². The van der Waals surface area contributed by atoms with Gasteiger partial charge >= 0.3 is 11.9 Å². The number of hydrogen-bond acceptors (Lipinski definition) is 7. The van der Waals surface area contributed by atoms with Crippen molar-refractivity contribution in [2.24, 2.45) is 0 Å². The molecule has 0 spiro atoms. The quantitative estimate of drug-likeness (QED) is 0.798. The number of amides is 1. The first kappa shape index (κ1) is 18.2. The zero-order valence-electron chi connectivity index (χ0n) is 14.1. The second-order valence-corrected chi connectivity index (χ2v) is 5.08. The molecule has 0 unspecified atom stereocenters. The molecule has 0 atom stereocenters. The fourth-order valence-corrected chi connectivity index (χ4v) is 2.19. The number of aryl methyl sites for hydroxylation is 2. The lowest BCUT2D eigenvalue weighted by molar-refractivity contribution is -0.119. The van der Waals surface area contributed by atoms with E-state index in [0.717, 1.165) is 0 Å². The Hall–Kier alpha value is -3.16. The van der Waals surface area contributed by atoms with Crippen molar-refractivity contribution in [3.63, 3.8) is 0 Å². The van der Waals surface area contributed by atoms with E-state index < -0.39 is 24.5 Å². The van der Waals surface area contributed by atoms with Crippen molar-refractivity contribution in [1.82, 2.24) is 5.16 Å². The number of nitrogens with one attached hydrogen (secondary N) is 1. The van der Waals surface area contributed by atoms with E-state index in [2.05, 4.69) is 15.2 Å². The topological polar surface area (TPSA) is 108 Å². The van der Waals surface area contributed by atoms with Gasteiger partial charge in [0.2, 0.25) is 0 Å². The lowest BCUT2D eigenvalue weighted by atomic mass is 10.1. The van der Waals surface area contributed by atoms with Crippen LogP contribution in [0.1, 0.15) is 39.1 Å². The number of methoxy groups -OCH3 is 1. The van der Waals surface area contributed by atoms with Gasteiger partial charge in [0.15, 0.2) is 6.61 Å². The lowest BCUT2D eigenvalue weighted by Crippen LogP contribution is -2.22. The van der Waals surface area contributed by atoms with Crippen molar-refractivity contribution in [3.05, 3.63) is 46.8 Å². The molecule has 25 heavy (non-hydrogen) atoms. The molecule has 8 heteroatoms. The molecule has 0 radical (unpaired) electrons. The minimum absolute atomic E-state index is 0.202. The average Bonchev–Trinajstić information content (AvgIpc) is 3.00. The monoisotopic (exact) mass is 346 g/mol. The Morgan fingerprint density at radius 3 is 2.60 bits per heavy atom. The summed E-state index contributed by atoms with van der Waals surface area (Å²) in [6, 6.07) is 6.36. The van der Waals surface area contributed by atoms with Gasteiger partial charge in [-0.2, -0.15) is 0 Å². The summed E-state index contributed by atoms with van der Waals surface area (Å²) < 4.78 is 14.6. The summed E-state index contributed by atoms with van der Waals surface area (Å²) in [5, 5.41) is 6.28. The van der Waals surface area contributed by atoms with Gasteiger partial charge in [-0.15, -0.1) is 0 Å². The number of rotatable bonds is 6. The second-order valence-electron chi connectivity index (χ2n) is 5.08. The molecule has 0 aliphatic rings. The van der Waals surface area contributed by atoms with Crippen LogP contribution in [0.3, 0.4) is 0 Å². The first-order valence-electron chi connectivity index (χ1n) is 7.57. The van der Waals surface area contributed by atoms with Gasteiger partial charge < -0.3 is 19.3 Å². The number of benzene rings is 1. The number of aromatic nitrogens is 1. The normalized spacial score (nSPS) is 10.2. The summed E-state index contributed by atoms with van der Waals surface area (Å²) in [4.78, 5) is 35.8. The SMILES string of the molecule is CCc1noc(C)c1C(=O)OCC(=O)Nc1ccccc1C(=O)OC. The highest BCUT2D eigenvalue weighted by Crippen LogP contribution is 2.17. The summed E-state index contributed by atoms with van der Waals surface area (Å²) in [6.07, 6.45) is 0.500. The Morgan fingerprint density at radius 2 is 1.92 bits per heavy atom. The maximum Gasteiger partial charge on any atom is 0.344 e. The highest BCUT2D eigenvalue weighted by molar-refractivity contribution is 6.02. The van der Waals surface area contributed by atoms with Crippen LogP contribution in [0.25, 0.3) is 0 Å². The second kappa shape index (κ2) is 8.09. The highest BCUT2D eigenvalue weighted by Gasteiger charge is 2.21. The Kier molecular flexibility index (Phi) is 5.89. The average molecular weight is 346 g/mol. The molecule has 0 saturated heterocycles. The van der Waals surface area contributed by atoms with Gasteiger partial charge in [0, 0.05) is 0 Å². The summed E-state index contributed by atoms with van der Waals surface area (Å²) in [5.74, 6) is -1.53. The van der Waals surface area contributed by atoms with E-state index in [0.29, 0.717) is 17.9 Å². The van der Waals surface area contributed by atoms with Gasteiger partial charge in [-0.1, -0.05) is 24.2 Å². The van der Waals surface area contributed by atoms with Crippen LogP contribution in [0.5, 0.6) is 0 Å². The molecule has 1 aromatic heterocycles. The zero-order valence-corrected chi connectivity index (χ0v) is 14.1. The van der Waals surface area contributed by atoms with Crippen LogP contribution in [0.15, 0.2) is 28.8 Å².